The van der Waals surface area contributed by atoms with Crippen molar-refractivity contribution < 1.29 is 4.79 Å². The summed E-state index contributed by atoms with van der Waals surface area (Å²) < 4.78 is 0. The highest BCUT2D eigenvalue weighted by atomic mass is 16.2. The van der Waals surface area contributed by atoms with E-state index in [4.69, 9.17) is 0 Å². The molecule has 1 aromatic rings. The normalized spacial score (nSPS) is 19.2. The number of carbonyl (C=O) groups is 1. The third-order valence-electron chi connectivity index (χ3n) is 3.60. The molecule has 5 heteroatoms. The lowest BCUT2D eigenvalue weighted by Crippen LogP contribution is -2.49. The molecule has 1 aliphatic heterocycles. The van der Waals surface area contributed by atoms with E-state index in [1.807, 2.05) is 6.92 Å². The number of aryl methyl sites for hydroxylation is 1. The van der Waals surface area contributed by atoms with Gasteiger partial charge in [-0.25, -0.2) is 0 Å². The van der Waals surface area contributed by atoms with Crippen molar-refractivity contribution in [1.82, 2.24) is 15.2 Å². The van der Waals surface area contributed by atoms with Crippen molar-refractivity contribution >= 4 is 5.91 Å². The number of aromatic amines is 1. The average molecular weight is 263 g/mol. The number of carbonyl (C=O) groups excluding carboxylic acids is 1. The van der Waals surface area contributed by atoms with E-state index in [0.29, 0.717) is 6.54 Å². The standard InChI is InChI=1S/C14H21N3O2/c1-3-17(11-5-4-6-15-8-11)14(19)12-9-16-10(2)7-13(12)18/h7,9,11,15H,3-6,8H2,1-2H3,(H,16,18). The Bertz CT molecular complexity index is 504. The SMILES string of the molecule is CCN(C(=O)c1c[nH]c(C)cc1=O)C1CCCNC1. The van der Waals surface area contributed by atoms with Crippen molar-refractivity contribution in [3.63, 3.8) is 0 Å². The smallest absolute Gasteiger partial charge is 0.259 e. The molecule has 2 heterocycles. The van der Waals surface area contributed by atoms with Crippen molar-refractivity contribution in [1.29, 1.82) is 0 Å². The van der Waals surface area contributed by atoms with Gasteiger partial charge >= 0.3 is 0 Å². The number of nitrogens with one attached hydrogen (secondary N) is 2. The Balaban J connectivity index is 2.22. The van der Waals surface area contributed by atoms with Crippen LogP contribution < -0.4 is 10.7 Å². The van der Waals surface area contributed by atoms with Crippen LogP contribution >= 0.6 is 0 Å². The Morgan fingerprint density at radius 2 is 2.32 bits per heavy atom. The monoisotopic (exact) mass is 263 g/mol. The van der Waals surface area contributed by atoms with Crippen LogP contribution in [0.1, 0.15) is 35.8 Å². The van der Waals surface area contributed by atoms with E-state index in [9.17, 15) is 9.59 Å². The van der Waals surface area contributed by atoms with Gasteiger partial charge in [0.2, 0.25) is 0 Å². The van der Waals surface area contributed by atoms with Gasteiger partial charge in [-0.3, -0.25) is 9.59 Å². The summed E-state index contributed by atoms with van der Waals surface area (Å²) in [4.78, 5) is 29.1. The molecule has 1 unspecified atom stereocenters. The maximum atomic E-state index is 12.5. The molecule has 1 atom stereocenters. The van der Waals surface area contributed by atoms with E-state index >= 15 is 0 Å². The summed E-state index contributed by atoms with van der Waals surface area (Å²) in [6.45, 7) is 6.20. The van der Waals surface area contributed by atoms with Gasteiger partial charge in [0, 0.05) is 37.1 Å². The van der Waals surface area contributed by atoms with Gasteiger partial charge in [0.1, 0.15) is 5.56 Å². The van der Waals surface area contributed by atoms with E-state index in [0.717, 1.165) is 31.6 Å². The number of nitrogens with zero attached hydrogens (tertiary/aromatic N) is 1. The minimum atomic E-state index is -0.205. The largest absolute Gasteiger partial charge is 0.364 e. The van der Waals surface area contributed by atoms with Gasteiger partial charge in [-0.2, -0.15) is 0 Å². The summed E-state index contributed by atoms with van der Waals surface area (Å²) in [7, 11) is 0. The quantitative estimate of drug-likeness (QED) is 0.851. The molecule has 1 amide bonds. The molecule has 104 valence electrons. The van der Waals surface area contributed by atoms with Crippen LogP contribution in [-0.4, -0.2) is 41.5 Å². The molecule has 0 bridgehead atoms. The number of H-pyrrole nitrogens is 1. The topological polar surface area (TPSA) is 65.2 Å². The van der Waals surface area contributed by atoms with Crippen molar-refractivity contribution in [2.45, 2.75) is 32.7 Å². The van der Waals surface area contributed by atoms with Crippen LogP contribution in [0, 0.1) is 6.92 Å². The summed E-state index contributed by atoms with van der Waals surface area (Å²) in [5, 5.41) is 3.30. The number of likely N-dealkylation sites (N-methyl/N-ethyl adjacent to an activating group) is 1. The van der Waals surface area contributed by atoms with Gasteiger partial charge in [0.15, 0.2) is 5.43 Å². The first kappa shape index (κ1) is 13.8. The van der Waals surface area contributed by atoms with Crippen molar-refractivity contribution in [3.05, 3.63) is 33.7 Å². The van der Waals surface area contributed by atoms with E-state index in [2.05, 4.69) is 10.3 Å². The fourth-order valence-electron chi connectivity index (χ4n) is 2.56. The van der Waals surface area contributed by atoms with Crippen LogP contribution in [0.25, 0.3) is 0 Å². The molecule has 0 aromatic carbocycles. The fourth-order valence-corrected chi connectivity index (χ4v) is 2.56. The Labute approximate surface area is 113 Å². The number of piperidine rings is 1. The number of aromatic nitrogens is 1. The predicted octanol–water partition coefficient (Wildman–Crippen LogP) is 0.897. The van der Waals surface area contributed by atoms with Crippen LogP contribution in [0.3, 0.4) is 0 Å². The first-order chi connectivity index (χ1) is 9.13. The fraction of sp³-hybridized carbons (Fsp3) is 0.571. The van der Waals surface area contributed by atoms with Crippen molar-refractivity contribution in [3.8, 4) is 0 Å². The minimum absolute atomic E-state index is 0.169. The molecule has 0 radical (unpaired) electrons. The third-order valence-corrected chi connectivity index (χ3v) is 3.60. The zero-order valence-corrected chi connectivity index (χ0v) is 11.5. The Morgan fingerprint density at radius 3 is 2.89 bits per heavy atom. The van der Waals surface area contributed by atoms with Gasteiger partial charge in [-0.05, 0) is 33.2 Å². The van der Waals surface area contributed by atoms with E-state index in [1.165, 1.54) is 12.3 Å². The summed E-state index contributed by atoms with van der Waals surface area (Å²) in [6.07, 6.45) is 3.59. The summed E-state index contributed by atoms with van der Waals surface area (Å²) in [5.74, 6) is -0.169. The van der Waals surface area contributed by atoms with Crippen LogP contribution in [-0.2, 0) is 0 Å². The van der Waals surface area contributed by atoms with E-state index in [-0.39, 0.29) is 22.9 Å². The molecular weight excluding hydrogens is 242 g/mol. The second kappa shape index (κ2) is 6.02. The molecule has 1 fully saturated rings. The highest BCUT2D eigenvalue weighted by Crippen LogP contribution is 2.12. The lowest BCUT2D eigenvalue weighted by Gasteiger charge is -2.33. The first-order valence-electron chi connectivity index (χ1n) is 6.84. The summed E-state index contributed by atoms with van der Waals surface area (Å²) in [6, 6.07) is 1.66. The molecule has 5 nitrogen and oxygen atoms in total. The maximum absolute atomic E-state index is 12.5. The van der Waals surface area contributed by atoms with E-state index in [1.54, 1.807) is 11.8 Å². The lowest BCUT2D eigenvalue weighted by atomic mass is 10.0. The molecule has 0 spiro atoms. The molecule has 0 saturated carbocycles. The summed E-state index contributed by atoms with van der Waals surface area (Å²) >= 11 is 0. The molecular formula is C14H21N3O2. The van der Waals surface area contributed by atoms with Gasteiger partial charge in [0.25, 0.3) is 5.91 Å². The molecule has 2 rings (SSSR count). The number of pyridine rings is 1. The van der Waals surface area contributed by atoms with Crippen LogP contribution in [0.4, 0.5) is 0 Å². The van der Waals surface area contributed by atoms with Gasteiger partial charge in [0.05, 0.1) is 0 Å². The van der Waals surface area contributed by atoms with Gasteiger partial charge < -0.3 is 15.2 Å². The molecule has 1 saturated heterocycles. The molecule has 19 heavy (non-hydrogen) atoms. The minimum Gasteiger partial charge on any atom is -0.364 e. The van der Waals surface area contributed by atoms with Crippen molar-refractivity contribution in [2.24, 2.45) is 0 Å². The lowest BCUT2D eigenvalue weighted by molar-refractivity contribution is 0.0660. The highest BCUT2D eigenvalue weighted by Gasteiger charge is 2.26. The Morgan fingerprint density at radius 1 is 1.53 bits per heavy atom. The zero-order valence-electron chi connectivity index (χ0n) is 11.5. The summed E-state index contributed by atoms with van der Waals surface area (Å²) in [5.41, 5.74) is 0.797. The molecule has 1 aliphatic rings. The number of hydrogen-bond donors (Lipinski definition) is 2. The number of amides is 1. The van der Waals surface area contributed by atoms with E-state index < -0.39 is 0 Å². The molecule has 2 N–H and O–H groups in total. The Kier molecular flexibility index (Phi) is 4.37. The first-order valence-corrected chi connectivity index (χ1v) is 6.84. The maximum Gasteiger partial charge on any atom is 0.259 e. The van der Waals surface area contributed by atoms with Crippen molar-refractivity contribution in [2.75, 3.05) is 19.6 Å². The second-order valence-corrected chi connectivity index (χ2v) is 4.99. The van der Waals surface area contributed by atoms with Gasteiger partial charge in [-0.1, -0.05) is 0 Å². The average Bonchev–Trinajstić information content (AvgIpc) is 2.40. The van der Waals surface area contributed by atoms with Crippen LogP contribution in [0.2, 0.25) is 0 Å². The molecule has 1 aromatic heterocycles. The number of hydrogen-bond acceptors (Lipinski definition) is 3. The second-order valence-electron chi connectivity index (χ2n) is 4.99. The highest BCUT2D eigenvalue weighted by molar-refractivity contribution is 5.94. The van der Waals surface area contributed by atoms with Gasteiger partial charge in [-0.15, -0.1) is 0 Å². The van der Waals surface area contributed by atoms with Crippen LogP contribution in [0.15, 0.2) is 17.1 Å². The Hall–Kier alpha value is -1.62. The van der Waals surface area contributed by atoms with Crippen LogP contribution in [0.5, 0.6) is 0 Å². The third kappa shape index (κ3) is 3.04. The number of rotatable bonds is 3. The predicted molar refractivity (Wildman–Crippen MR) is 74.4 cm³/mol. The zero-order chi connectivity index (χ0) is 13.8. The molecule has 0 aliphatic carbocycles.